The highest BCUT2D eigenvalue weighted by atomic mass is 16.5. The number of likely N-dealkylation sites (N-methyl/N-ethyl adjacent to an activating group) is 1. The molecule has 7 nitrogen and oxygen atoms in total. The topological polar surface area (TPSA) is 101 Å². The van der Waals surface area contributed by atoms with Crippen molar-refractivity contribution in [2.75, 3.05) is 27.7 Å². The van der Waals surface area contributed by atoms with Crippen LogP contribution in [-0.2, 0) is 19.1 Å². The van der Waals surface area contributed by atoms with Crippen LogP contribution in [0, 0.1) is 0 Å². The van der Waals surface area contributed by atoms with Crippen LogP contribution in [0.15, 0.2) is 36.5 Å². The van der Waals surface area contributed by atoms with Crippen molar-refractivity contribution in [3.8, 4) is 0 Å². The third-order valence-electron chi connectivity index (χ3n) is 3.58. The number of carbonyl (C=O) groups excluding carboxylic acids is 1. The van der Waals surface area contributed by atoms with Gasteiger partial charge in [-0.2, -0.15) is 0 Å². The van der Waals surface area contributed by atoms with Gasteiger partial charge in [-0.25, -0.2) is 0 Å². The van der Waals surface area contributed by atoms with E-state index in [1.54, 1.807) is 6.08 Å². The molecule has 1 atom stereocenters. The minimum atomic E-state index is -0.971. The van der Waals surface area contributed by atoms with E-state index in [4.69, 9.17) is 14.9 Å². The molecule has 28 heavy (non-hydrogen) atoms. The van der Waals surface area contributed by atoms with Crippen LogP contribution in [0.1, 0.15) is 44.9 Å². The van der Waals surface area contributed by atoms with Crippen molar-refractivity contribution >= 4 is 17.9 Å². The number of nitrogens with zero attached hydrogens (tertiary/aromatic N) is 1. The molecule has 0 heterocycles. The summed E-state index contributed by atoms with van der Waals surface area (Å²) in [6, 6.07) is 0. The zero-order valence-corrected chi connectivity index (χ0v) is 17.2. The minimum Gasteiger partial charge on any atom is -0.481 e. The number of carboxylic acid groups (broad SMARTS) is 2. The lowest BCUT2D eigenvalue weighted by Crippen LogP contribution is -2.43. The van der Waals surface area contributed by atoms with Gasteiger partial charge in [-0.05, 0) is 25.7 Å². The summed E-state index contributed by atoms with van der Waals surface area (Å²) in [5, 5.41) is 17.5. The molecule has 0 fully saturated rings. The van der Waals surface area contributed by atoms with Crippen LogP contribution in [0.3, 0.4) is 0 Å². The molecular weight excluding hydrogens is 362 g/mol. The van der Waals surface area contributed by atoms with Gasteiger partial charge in [-0.3, -0.25) is 14.4 Å². The van der Waals surface area contributed by atoms with Gasteiger partial charge >= 0.3 is 17.9 Å². The molecule has 0 aromatic rings. The number of ether oxygens (including phenoxy) is 1. The maximum absolute atomic E-state index is 11.9. The summed E-state index contributed by atoms with van der Waals surface area (Å²) in [4.78, 5) is 33.2. The fourth-order valence-corrected chi connectivity index (χ4v) is 2.41. The van der Waals surface area contributed by atoms with Crippen LogP contribution in [0.5, 0.6) is 0 Å². The number of esters is 1. The third-order valence-corrected chi connectivity index (χ3v) is 3.58. The fourth-order valence-electron chi connectivity index (χ4n) is 2.41. The highest BCUT2D eigenvalue weighted by Crippen LogP contribution is 2.09. The molecule has 0 aromatic carbocycles. The molecule has 2 N–H and O–H groups in total. The third kappa shape index (κ3) is 18.4. The van der Waals surface area contributed by atoms with Crippen LogP contribution in [0.2, 0.25) is 0 Å². The van der Waals surface area contributed by atoms with Gasteiger partial charge in [0.2, 0.25) is 0 Å². The smallest absolute Gasteiger partial charge is 0.307 e. The van der Waals surface area contributed by atoms with E-state index in [0.29, 0.717) is 23.9 Å². The molecule has 0 aliphatic rings. The van der Waals surface area contributed by atoms with Gasteiger partial charge in [0.25, 0.3) is 0 Å². The Hall–Kier alpha value is -2.41. The molecule has 7 heteroatoms. The van der Waals surface area contributed by atoms with Crippen molar-refractivity contribution in [1.82, 2.24) is 0 Å². The first-order valence-electron chi connectivity index (χ1n) is 9.52. The zero-order valence-electron chi connectivity index (χ0n) is 17.2. The second kappa shape index (κ2) is 14.6. The monoisotopic (exact) mass is 396 g/mol. The van der Waals surface area contributed by atoms with Crippen LogP contribution >= 0.6 is 0 Å². The second-order valence-electron chi connectivity index (χ2n) is 7.60. The van der Waals surface area contributed by atoms with Crippen molar-refractivity contribution in [2.45, 2.75) is 51.0 Å². The van der Waals surface area contributed by atoms with Gasteiger partial charge < -0.3 is 19.4 Å². The van der Waals surface area contributed by atoms with Crippen LogP contribution in [0.25, 0.3) is 0 Å². The highest BCUT2D eigenvalue weighted by Gasteiger charge is 2.24. The fraction of sp³-hybridized carbons (Fsp3) is 0.571. The standard InChI is InChI=1S/C21H33NO6/c1-22(2,3)17-18(16-20(25)26)28-21(27)15-13-11-9-7-5-4-6-8-10-12-14-19(23)24/h4-8,10,18H,9,11-17H2,1-3H3,(H-,23,24,25,26)/p+1/b6-4+,7-5+,10-8+. The maximum atomic E-state index is 11.9. The Morgan fingerprint density at radius 2 is 1.46 bits per heavy atom. The van der Waals surface area contributed by atoms with Gasteiger partial charge in [0.05, 0.1) is 27.6 Å². The largest absolute Gasteiger partial charge is 0.481 e. The number of aliphatic carboxylic acids is 2. The van der Waals surface area contributed by atoms with Crippen molar-refractivity contribution in [1.29, 1.82) is 0 Å². The number of hydrogen-bond acceptors (Lipinski definition) is 4. The first-order valence-corrected chi connectivity index (χ1v) is 9.52. The minimum absolute atomic E-state index is 0.134. The molecule has 0 aliphatic carbocycles. The number of carbonyl (C=O) groups is 3. The first-order chi connectivity index (χ1) is 13.1. The quantitative estimate of drug-likeness (QED) is 0.191. The predicted molar refractivity (Wildman–Crippen MR) is 108 cm³/mol. The lowest BCUT2D eigenvalue weighted by Gasteiger charge is -2.28. The number of rotatable bonds is 15. The van der Waals surface area contributed by atoms with E-state index < -0.39 is 18.0 Å². The van der Waals surface area contributed by atoms with E-state index in [1.807, 2.05) is 51.5 Å². The summed E-state index contributed by atoms with van der Waals surface area (Å²) in [5.41, 5.74) is 0. The summed E-state index contributed by atoms with van der Waals surface area (Å²) >= 11 is 0. The molecule has 0 aromatic heterocycles. The molecule has 0 saturated carbocycles. The van der Waals surface area contributed by atoms with Gasteiger partial charge in [0.1, 0.15) is 6.54 Å². The number of hydrogen-bond donors (Lipinski definition) is 2. The number of quaternary nitrogens is 1. The van der Waals surface area contributed by atoms with Crippen molar-refractivity contribution in [2.24, 2.45) is 0 Å². The van der Waals surface area contributed by atoms with Crippen LogP contribution < -0.4 is 0 Å². The van der Waals surface area contributed by atoms with Crippen molar-refractivity contribution < 1.29 is 33.8 Å². The van der Waals surface area contributed by atoms with Crippen molar-refractivity contribution in [3.05, 3.63) is 36.5 Å². The van der Waals surface area contributed by atoms with Gasteiger partial charge in [-0.1, -0.05) is 36.5 Å². The Morgan fingerprint density at radius 3 is 2.00 bits per heavy atom. The summed E-state index contributed by atoms with van der Waals surface area (Å²) in [6.45, 7) is 0.456. The van der Waals surface area contributed by atoms with Crippen LogP contribution in [-0.4, -0.2) is 66.4 Å². The molecule has 0 radical (unpaired) electrons. The zero-order chi connectivity index (χ0) is 21.4. The molecule has 0 saturated heterocycles. The van der Waals surface area contributed by atoms with E-state index in [0.717, 1.165) is 12.8 Å². The Morgan fingerprint density at radius 1 is 0.857 bits per heavy atom. The summed E-state index contributed by atoms with van der Waals surface area (Å²) < 4.78 is 5.86. The second-order valence-corrected chi connectivity index (χ2v) is 7.60. The van der Waals surface area contributed by atoms with E-state index in [1.165, 1.54) is 0 Å². The average molecular weight is 397 g/mol. The van der Waals surface area contributed by atoms with E-state index in [2.05, 4.69) is 0 Å². The molecular formula is C21H34NO6+. The highest BCUT2D eigenvalue weighted by molar-refractivity contribution is 5.71. The molecule has 0 spiro atoms. The Labute approximate surface area is 167 Å². The van der Waals surface area contributed by atoms with Gasteiger partial charge in [0.15, 0.2) is 6.10 Å². The normalized spacial score (nSPS) is 13.4. The summed E-state index contributed by atoms with van der Waals surface area (Å²) in [7, 11) is 5.78. The summed E-state index contributed by atoms with van der Waals surface area (Å²) in [6.07, 6.45) is 13.7. The lowest BCUT2D eigenvalue weighted by atomic mass is 10.2. The molecule has 0 bridgehead atoms. The SMILES string of the molecule is C[N+](C)(C)CC(CC(=O)O)OC(=O)CCCC/C=C/C=C/C=C/CCC(=O)O. The first kappa shape index (κ1) is 25.6. The number of unbranched alkanes of at least 4 members (excludes halogenated alkanes) is 2. The Bertz CT molecular complexity index is 572. The molecule has 0 aliphatic heterocycles. The molecule has 1 unspecified atom stereocenters. The average Bonchev–Trinajstić information content (AvgIpc) is 2.53. The lowest BCUT2D eigenvalue weighted by molar-refractivity contribution is -0.873. The Kier molecular flexibility index (Phi) is 13.4. The molecule has 0 amide bonds. The van der Waals surface area contributed by atoms with Crippen molar-refractivity contribution in [3.63, 3.8) is 0 Å². The van der Waals surface area contributed by atoms with Gasteiger partial charge in [0, 0.05) is 12.8 Å². The summed E-state index contributed by atoms with van der Waals surface area (Å²) in [5.74, 6) is -2.13. The maximum Gasteiger partial charge on any atom is 0.307 e. The van der Waals surface area contributed by atoms with Gasteiger partial charge in [-0.15, -0.1) is 0 Å². The molecule has 158 valence electrons. The van der Waals surface area contributed by atoms with E-state index in [9.17, 15) is 14.4 Å². The molecule has 0 rings (SSSR count). The van der Waals surface area contributed by atoms with E-state index in [-0.39, 0.29) is 25.2 Å². The number of carboxylic acids is 2. The van der Waals surface area contributed by atoms with Crippen LogP contribution in [0.4, 0.5) is 0 Å². The number of allylic oxidation sites excluding steroid dienone is 6. The predicted octanol–water partition coefficient (Wildman–Crippen LogP) is 3.17. The van der Waals surface area contributed by atoms with E-state index >= 15 is 0 Å². The Balaban J connectivity index is 3.98.